The van der Waals surface area contributed by atoms with Gasteiger partial charge in [-0.1, -0.05) is 29.8 Å². The maximum Gasteiger partial charge on any atom is 0.335 e. The molecule has 0 amide bonds. The van der Waals surface area contributed by atoms with Crippen LogP contribution in [0.25, 0.3) is 0 Å². The molecule has 24 heavy (non-hydrogen) atoms. The normalized spacial score (nSPS) is 21.6. The molecule has 126 valence electrons. The fraction of sp³-hybridized carbons (Fsp3) is 0.368. The van der Waals surface area contributed by atoms with Crippen molar-refractivity contribution in [2.45, 2.75) is 31.8 Å². The number of hydrogen-bond donors (Lipinski definition) is 2. The minimum absolute atomic E-state index is 0.233. The van der Waals surface area contributed by atoms with E-state index >= 15 is 0 Å². The van der Waals surface area contributed by atoms with Crippen LogP contribution in [0.2, 0.25) is 5.15 Å². The second kappa shape index (κ2) is 7.32. The molecule has 4 nitrogen and oxygen atoms in total. The molecule has 1 aromatic carbocycles. The Labute approximate surface area is 146 Å². The number of carboxylic acid groups (broad SMARTS) is 1. The molecular weight excluding hydrogens is 326 g/mol. The van der Waals surface area contributed by atoms with E-state index in [-0.39, 0.29) is 5.92 Å². The van der Waals surface area contributed by atoms with Crippen LogP contribution in [-0.4, -0.2) is 21.2 Å². The smallest absolute Gasteiger partial charge is 0.335 e. The first kappa shape index (κ1) is 16.9. The van der Waals surface area contributed by atoms with Crippen molar-refractivity contribution in [1.82, 2.24) is 4.98 Å². The van der Waals surface area contributed by atoms with Gasteiger partial charge in [0.25, 0.3) is 0 Å². The van der Waals surface area contributed by atoms with Crippen molar-refractivity contribution in [3.05, 3.63) is 64.4 Å². The Hall–Kier alpha value is -1.91. The summed E-state index contributed by atoms with van der Waals surface area (Å²) in [5.41, 5.74) is 2.28. The summed E-state index contributed by atoms with van der Waals surface area (Å²) in [7, 11) is 0. The third-order valence-corrected chi connectivity index (χ3v) is 5.07. The van der Waals surface area contributed by atoms with Crippen LogP contribution in [0, 0.1) is 11.8 Å². The zero-order valence-electron chi connectivity index (χ0n) is 13.2. The van der Waals surface area contributed by atoms with E-state index in [4.69, 9.17) is 16.7 Å². The molecule has 1 saturated carbocycles. The Morgan fingerprint density at radius 2 is 1.96 bits per heavy atom. The summed E-state index contributed by atoms with van der Waals surface area (Å²) in [4.78, 5) is 14.9. The van der Waals surface area contributed by atoms with Gasteiger partial charge in [-0.2, -0.15) is 0 Å². The van der Waals surface area contributed by atoms with Gasteiger partial charge in [0, 0.05) is 6.20 Å². The highest BCUT2D eigenvalue weighted by Gasteiger charge is 2.30. The van der Waals surface area contributed by atoms with Crippen LogP contribution in [0.1, 0.15) is 46.9 Å². The number of benzene rings is 1. The highest BCUT2D eigenvalue weighted by Crippen LogP contribution is 2.40. The lowest BCUT2D eigenvalue weighted by Gasteiger charge is -2.18. The number of aromatic nitrogens is 1. The van der Waals surface area contributed by atoms with Gasteiger partial charge in [-0.3, -0.25) is 0 Å². The summed E-state index contributed by atoms with van der Waals surface area (Å²) in [6.45, 7) is 0. The van der Waals surface area contributed by atoms with Crippen LogP contribution in [0.3, 0.4) is 0 Å². The third kappa shape index (κ3) is 3.94. The van der Waals surface area contributed by atoms with E-state index in [0.717, 1.165) is 36.8 Å². The molecule has 3 rings (SSSR count). The number of aromatic carboxylic acids is 1. The second-order valence-corrected chi connectivity index (χ2v) is 6.89. The van der Waals surface area contributed by atoms with Crippen LogP contribution in [0.4, 0.5) is 0 Å². The third-order valence-electron chi connectivity index (χ3n) is 4.85. The van der Waals surface area contributed by atoms with Gasteiger partial charge in [0.05, 0.1) is 11.7 Å². The average Bonchev–Trinajstić information content (AvgIpc) is 3.04. The molecule has 1 aliphatic carbocycles. The maximum atomic E-state index is 10.9. The maximum absolute atomic E-state index is 10.9. The molecule has 0 aliphatic heterocycles. The monoisotopic (exact) mass is 345 g/mol. The van der Waals surface area contributed by atoms with Gasteiger partial charge in [-0.25, -0.2) is 9.78 Å². The second-order valence-electron chi connectivity index (χ2n) is 6.50. The lowest BCUT2D eigenvalue weighted by molar-refractivity contribution is 0.0697. The lowest BCUT2D eigenvalue weighted by atomic mass is 9.92. The Morgan fingerprint density at radius 3 is 2.58 bits per heavy atom. The molecule has 1 unspecified atom stereocenters. The number of rotatable bonds is 5. The number of carboxylic acids is 1. The minimum Gasteiger partial charge on any atom is -0.478 e. The van der Waals surface area contributed by atoms with E-state index in [9.17, 15) is 9.90 Å². The van der Waals surface area contributed by atoms with Crippen LogP contribution in [0.5, 0.6) is 0 Å². The Morgan fingerprint density at radius 1 is 1.21 bits per heavy atom. The zero-order chi connectivity index (χ0) is 17.1. The standard InChI is InChI=1S/C19H20ClNO3/c20-17-8-7-16(11-21-17)18(22)15-6-3-13(10-15)9-12-1-4-14(5-2-12)19(23)24/h1-2,4-5,7-8,11,13,15,18,22H,3,6,9-10H2,(H,23,24)/t13?,15-,18-/m0/s1. The summed E-state index contributed by atoms with van der Waals surface area (Å²) in [6, 6.07) is 10.6. The number of halogens is 1. The molecule has 0 radical (unpaired) electrons. The Bertz CT molecular complexity index is 700. The molecule has 2 N–H and O–H groups in total. The number of aliphatic hydroxyl groups excluding tert-OH is 1. The first-order chi connectivity index (χ1) is 11.5. The fourth-order valence-electron chi connectivity index (χ4n) is 3.54. The molecule has 1 fully saturated rings. The summed E-state index contributed by atoms with van der Waals surface area (Å²) < 4.78 is 0. The van der Waals surface area contributed by atoms with Gasteiger partial charge in [0.15, 0.2) is 0 Å². The van der Waals surface area contributed by atoms with Crippen molar-refractivity contribution >= 4 is 17.6 Å². The number of aliphatic hydroxyl groups is 1. The highest BCUT2D eigenvalue weighted by atomic mass is 35.5. The molecule has 0 bridgehead atoms. The number of hydrogen-bond acceptors (Lipinski definition) is 3. The van der Waals surface area contributed by atoms with Crippen molar-refractivity contribution in [3.8, 4) is 0 Å². The predicted octanol–water partition coefficient (Wildman–Crippen LogP) is 4.13. The Balaban J connectivity index is 1.58. The number of nitrogens with zero attached hydrogens (tertiary/aromatic N) is 1. The van der Waals surface area contributed by atoms with Gasteiger partial charge in [-0.15, -0.1) is 0 Å². The SMILES string of the molecule is O=C(O)c1ccc(CC2CC[C@H]([C@H](O)c3ccc(Cl)nc3)C2)cc1. The molecule has 1 aromatic heterocycles. The van der Waals surface area contributed by atoms with Crippen LogP contribution < -0.4 is 0 Å². The highest BCUT2D eigenvalue weighted by molar-refractivity contribution is 6.29. The summed E-state index contributed by atoms with van der Waals surface area (Å²) in [5.74, 6) is -0.154. The first-order valence-electron chi connectivity index (χ1n) is 8.14. The molecule has 0 saturated heterocycles. The Kier molecular flexibility index (Phi) is 5.17. The van der Waals surface area contributed by atoms with E-state index in [1.807, 2.05) is 18.2 Å². The summed E-state index contributed by atoms with van der Waals surface area (Å²) >= 11 is 5.79. The molecule has 1 aliphatic rings. The number of carbonyl (C=O) groups is 1. The first-order valence-corrected chi connectivity index (χ1v) is 8.52. The van der Waals surface area contributed by atoms with Crippen molar-refractivity contribution in [2.75, 3.05) is 0 Å². The van der Waals surface area contributed by atoms with Gasteiger partial charge < -0.3 is 10.2 Å². The van der Waals surface area contributed by atoms with Gasteiger partial charge in [0.1, 0.15) is 5.15 Å². The molecular formula is C19H20ClNO3. The minimum atomic E-state index is -0.901. The largest absolute Gasteiger partial charge is 0.478 e. The van der Waals surface area contributed by atoms with Crippen molar-refractivity contribution < 1.29 is 15.0 Å². The van der Waals surface area contributed by atoms with Gasteiger partial charge in [-0.05, 0) is 66.8 Å². The summed E-state index contributed by atoms with van der Waals surface area (Å²) in [5, 5.41) is 19.9. The van der Waals surface area contributed by atoms with E-state index in [2.05, 4.69) is 4.98 Å². The fourth-order valence-corrected chi connectivity index (χ4v) is 3.65. The molecule has 0 spiro atoms. The van der Waals surface area contributed by atoms with E-state index in [0.29, 0.717) is 16.6 Å². The average molecular weight is 346 g/mol. The lowest BCUT2D eigenvalue weighted by Crippen LogP contribution is -2.10. The van der Waals surface area contributed by atoms with Crippen molar-refractivity contribution in [1.29, 1.82) is 0 Å². The van der Waals surface area contributed by atoms with E-state index < -0.39 is 12.1 Å². The van der Waals surface area contributed by atoms with E-state index in [1.165, 1.54) is 0 Å². The van der Waals surface area contributed by atoms with Gasteiger partial charge >= 0.3 is 5.97 Å². The predicted molar refractivity (Wildman–Crippen MR) is 92.1 cm³/mol. The molecule has 2 aromatic rings. The van der Waals surface area contributed by atoms with Crippen LogP contribution >= 0.6 is 11.6 Å². The topological polar surface area (TPSA) is 70.4 Å². The molecule has 5 heteroatoms. The quantitative estimate of drug-likeness (QED) is 0.799. The molecule has 1 heterocycles. The van der Waals surface area contributed by atoms with Crippen molar-refractivity contribution in [2.24, 2.45) is 11.8 Å². The molecule has 3 atom stereocenters. The van der Waals surface area contributed by atoms with Crippen LogP contribution in [-0.2, 0) is 6.42 Å². The van der Waals surface area contributed by atoms with E-state index in [1.54, 1.807) is 24.4 Å². The van der Waals surface area contributed by atoms with Crippen LogP contribution in [0.15, 0.2) is 42.6 Å². The number of pyridine rings is 1. The zero-order valence-corrected chi connectivity index (χ0v) is 14.0. The van der Waals surface area contributed by atoms with Crippen molar-refractivity contribution in [3.63, 3.8) is 0 Å². The summed E-state index contributed by atoms with van der Waals surface area (Å²) in [6.07, 6.45) is 5.08. The van der Waals surface area contributed by atoms with Gasteiger partial charge in [0.2, 0.25) is 0 Å².